The summed E-state index contributed by atoms with van der Waals surface area (Å²) < 4.78 is 70.9. The Morgan fingerprint density at radius 1 is 0.442 bits per heavy atom. The van der Waals surface area contributed by atoms with E-state index in [1.807, 2.05) is 0 Å². The molecule has 0 amide bonds. The van der Waals surface area contributed by atoms with Gasteiger partial charge in [0.1, 0.15) is 32.5 Å². The van der Waals surface area contributed by atoms with Crippen LogP contribution in [0.25, 0.3) is 32.7 Å². The average molecular weight is 998 g/mol. The Bertz CT molecular complexity index is 2560. The fourth-order valence-corrected chi connectivity index (χ4v) is 9.86. The summed E-state index contributed by atoms with van der Waals surface area (Å²) in [5, 5.41) is 17.9. The van der Waals surface area contributed by atoms with Crippen LogP contribution < -0.4 is 22.9 Å². The molecule has 0 unspecified atom stereocenters. The molecule has 6 aromatic rings. The van der Waals surface area contributed by atoms with Crippen molar-refractivity contribution in [2.45, 2.75) is 9.79 Å². The van der Waals surface area contributed by atoms with Crippen LogP contribution in [0.3, 0.4) is 0 Å². The zero-order chi connectivity index (χ0) is 37.9. The third kappa shape index (κ3) is 6.92. The van der Waals surface area contributed by atoms with E-state index in [0.29, 0.717) is 51.2 Å². The number of benzene rings is 6. The molecule has 0 radical (unpaired) electrons. The molecule has 0 aliphatic carbocycles. The van der Waals surface area contributed by atoms with E-state index in [9.17, 15) is 25.9 Å². The van der Waals surface area contributed by atoms with Gasteiger partial charge in [-0.3, -0.25) is 9.11 Å². The standard InChI is InChI=1S/C32H22Br4N8O6S2/c33-19-9-13(10-20(34)27(19)41-43-29-23(37)15-5-1-3-7-17(15)31(25(29)39)51(45,46)47)14-11-21(35)28(22(36)12-14)42-44-30-24(38)16-6-2-4-8-18(16)32(26(30)40)52(48,49)50/h1-12H,37-40H2,(H,45,46,47)(H,48,49,50). The number of fused-ring (bicyclic) bond motifs is 2. The van der Waals surface area contributed by atoms with Crippen molar-refractivity contribution in [2.75, 3.05) is 22.9 Å². The van der Waals surface area contributed by atoms with E-state index in [2.05, 4.69) is 84.2 Å². The first-order valence-corrected chi connectivity index (χ1v) is 20.4. The Kier molecular flexibility index (Phi) is 10.2. The van der Waals surface area contributed by atoms with Gasteiger partial charge in [-0.15, -0.1) is 20.5 Å². The van der Waals surface area contributed by atoms with Gasteiger partial charge < -0.3 is 22.9 Å². The van der Waals surface area contributed by atoms with Crippen LogP contribution in [0.1, 0.15) is 0 Å². The van der Waals surface area contributed by atoms with Crippen molar-refractivity contribution in [2.24, 2.45) is 20.5 Å². The van der Waals surface area contributed by atoms with Gasteiger partial charge in [0.05, 0.1) is 22.7 Å². The summed E-state index contributed by atoms with van der Waals surface area (Å²) in [4.78, 5) is -1.04. The van der Waals surface area contributed by atoms with Crippen molar-refractivity contribution in [1.82, 2.24) is 0 Å². The number of halogens is 4. The van der Waals surface area contributed by atoms with Gasteiger partial charge in [-0.25, -0.2) is 0 Å². The summed E-state index contributed by atoms with van der Waals surface area (Å²) in [6.07, 6.45) is 0. The van der Waals surface area contributed by atoms with E-state index in [-0.39, 0.29) is 44.9 Å². The summed E-state index contributed by atoms with van der Waals surface area (Å²) >= 11 is 14.1. The minimum atomic E-state index is -4.75. The van der Waals surface area contributed by atoms with Gasteiger partial charge in [0.15, 0.2) is 0 Å². The molecule has 52 heavy (non-hydrogen) atoms. The highest BCUT2D eigenvalue weighted by Gasteiger charge is 2.26. The van der Waals surface area contributed by atoms with Crippen LogP contribution in [-0.4, -0.2) is 25.9 Å². The minimum absolute atomic E-state index is 0.0740. The van der Waals surface area contributed by atoms with Crippen molar-refractivity contribution >= 4 is 151 Å². The summed E-state index contributed by atoms with van der Waals surface area (Å²) in [5.41, 5.74) is 26.2. The smallest absolute Gasteiger partial charge is 0.297 e. The normalized spacial score (nSPS) is 12.5. The lowest BCUT2D eigenvalue weighted by molar-refractivity contribution is 0.482. The molecular weight excluding hydrogens is 976 g/mol. The highest BCUT2D eigenvalue weighted by molar-refractivity contribution is 9.11. The van der Waals surface area contributed by atoms with Crippen LogP contribution in [0.2, 0.25) is 0 Å². The molecule has 0 aliphatic heterocycles. The number of nitrogens with two attached hydrogens (primary N) is 4. The van der Waals surface area contributed by atoms with Crippen LogP contribution in [-0.2, 0) is 20.2 Å². The molecule has 6 rings (SSSR count). The van der Waals surface area contributed by atoms with Gasteiger partial charge in [0.2, 0.25) is 0 Å². The van der Waals surface area contributed by atoms with Crippen molar-refractivity contribution in [1.29, 1.82) is 0 Å². The van der Waals surface area contributed by atoms with E-state index in [4.69, 9.17) is 22.9 Å². The lowest BCUT2D eigenvalue weighted by atomic mass is 10.0. The van der Waals surface area contributed by atoms with Crippen LogP contribution >= 0.6 is 63.7 Å². The molecule has 0 heterocycles. The fourth-order valence-electron chi connectivity index (χ4n) is 5.51. The van der Waals surface area contributed by atoms with E-state index >= 15 is 0 Å². The third-order valence-electron chi connectivity index (χ3n) is 7.82. The zero-order valence-electron chi connectivity index (χ0n) is 25.9. The maximum absolute atomic E-state index is 12.3. The minimum Gasteiger partial charge on any atom is -0.396 e. The molecular formula is C32H22Br4N8O6S2. The second kappa shape index (κ2) is 14.1. The largest absolute Gasteiger partial charge is 0.396 e. The molecule has 0 spiro atoms. The highest BCUT2D eigenvalue weighted by atomic mass is 79.9. The summed E-state index contributed by atoms with van der Waals surface area (Å²) in [6.45, 7) is 0. The second-order valence-electron chi connectivity index (χ2n) is 11.0. The van der Waals surface area contributed by atoms with E-state index in [1.165, 1.54) is 12.1 Å². The van der Waals surface area contributed by atoms with Gasteiger partial charge in [-0.1, -0.05) is 48.5 Å². The molecule has 14 nitrogen and oxygen atoms in total. The van der Waals surface area contributed by atoms with E-state index < -0.39 is 30.0 Å². The first kappa shape index (κ1) is 37.7. The van der Waals surface area contributed by atoms with Gasteiger partial charge in [0, 0.05) is 39.4 Å². The predicted octanol–water partition coefficient (Wildman–Crippen LogP) is 10.4. The van der Waals surface area contributed by atoms with Gasteiger partial charge >= 0.3 is 0 Å². The number of nitrogens with zero attached hydrogens (tertiary/aromatic N) is 4. The quantitative estimate of drug-likeness (QED) is 0.0500. The van der Waals surface area contributed by atoms with Crippen molar-refractivity contribution in [3.05, 3.63) is 90.7 Å². The number of azo groups is 2. The van der Waals surface area contributed by atoms with Crippen molar-refractivity contribution < 1.29 is 25.9 Å². The summed E-state index contributed by atoms with van der Waals surface area (Å²) in [6, 6.07) is 19.6. The lowest BCUT2D eigenvalue weighted by Crippen LogP contribution is -2.06. The predicted molar refractivity (Wildman–Crippen MR) is 216 cm³/mol. The molecule has 0 aromatic heterocycles. The maximum Gasteiger partial charge on any atom is 0.297 e. The van der Waals surface area contributed by atoms with Crippen LogP contribution in [0.15, 0.2) is 121 Å². The Morgan fingerprint density at radius 3 is 1.00 bits per heavy atom. The lowest BCUT2D eigenvalue weighted by Gasteiger charge is -2.14. The molecule has 10 N–H and O–H groups in total. The summed E-state index contributed by atoms with van der Waals surface area (Å²) in [5.74, 6) is 0. The maximum atomic E-state index is 12.3. The van der Waals surface area contributed by atoms with Crippen LogP contribution in [0, 0.1) is 0 Å². The molecule has 266 valence electrons. The van der Waals surface area contributed by atoms with E-state index in [0.717, 1.165) is 0 Å². The fraction of sp³-hybridized carbons (Fsp3) is 0. The Morgan fingerprint density at radius 2 is 0.712 bits per heavy atom. The summed E-state index contributed by atoms with van der Waals surface area (Å²) in [7, 11) is -9.49. The van der Waals surface area contributed by atoms with Gasteiger partial charge in [0.25, 0.3) is 20.2 Å². The van der Waals surface area contributed by atoms with Gasteiger partial charge in [-0.2, -0.15) is 16.8 Å². The van der Waals surface area contributed by atoms with Crippen molar-refractivity contribution in [3.8, 4) is 11.1 Å². The molecule has 0 atom stereocenters. The Labute approximate surface area is 329 Å². The number of rotatable bonds is 7. The molecule has 0 bridgehead atoms. The first-order chi connectivity index (χ1) is 24.4. The number of hydrogen-bond acceptors (Lipinski definition) is 12. The topological polar surface area (TPSA) is 262 Å². The molecule has 20 heteroatoms. The monoisotopic (exact) mass is 994 g/mol. The second-order valence-corrected chi connectivity index (χ2v) is 17.2. The third-order valence-corrected chi connectivity index (χ3v) is 12.1. The molecule has 0 fully saturated rings. The van der Waals surface area contributed by atoms with Crippen molar-refractivity contribution in [3.63, 3.8) is 0 Å². The average Bonchev–Trinajstić information content (AvgIpc) is 3.05. The zero-order valence-corrected chi connectivity index (χ0v) is 33.9. The van der Waals surface area contributed by atoms with Crippen LogP contribution in [0.4, 0.5) is 45.5 Å². The first-order valence-electron chi connectivity index (χ1n) is 14.4. The van der Waals surface area contributed by atoms with Gasteiger partial charge in [-0.05, 0) is 99.1 Å². The Balaban J connectivity index is 1.37. The molecule has 0 saturated heterocycles. The molecule has 0 saturated carbocycles. The molecule has 0 aliphatic rings. The SMILES string of the molecule is Nc1c(N=Nc2c(Br)cc(-c3cc(Br)c(N=Nc4c(N)c(S(=O)(=O)O)c5ccccc5c4N)c(Br)c3)cc2Br)c(N)c2ccccc2c1S(=O)(=O)O. The Hall–Kier alpha value is -4.02. The molecule has 6 aromatic carbocycles. The highest BCUT2D eigenvalue weighted by Crippen LogP contribution is 2.47. The number of hydrogen-bond donors (Lipinski definition) is 6. The number of anilines is 4. The number of nitrogen functional groups attached to an aromatic ring is 4. The van der Waals surface area contributed by atoms with Crippen LogP contribution in [0.5, 0.6) is 0 Å². The van der Waals surface area contributed by atoms with E-state index in [1.54, 1.807) is 60.7 Å².